The van der Waals surface area contributed by atoms with Crippen molar-refractivity contribution < 1.29 is 9.84 Å². The van der Waals surface area contributed by atoms with Crippen molar-refractivity contribution in [1.29, 1.82) is 0 Å². The van der Waals surface area contributed by atoms with Gasteiger partial charge in [0, 0.05) is 0 Å². The highest BCUT2D eigenvalue weighted by Gasteiger charge is 1.90. The summed E-state index contributed by atoms with van der Waals surface area (Å²) in [6.07, 6.45) is 3.80. The summed E-state index contributed by atoms with van der Waals surface area (Å²) in [5, 5.41) is 8.96. The number of benzene rings is 1. The average Bonchev–Trinajstić information content (AvgIpc) is 2.18. The summed E-state index contributed by atoms with van der Waals surface area (Å²) in [5.74, 6) is 0. The molecule has 0 amide bonds. The van der Waals surface area contributed by atoms with Gasteiger partial charge >= 0.3 is 0 Å². The highest BCUT2D eigenvalue weighted by atomic mass is 16.5. The van der Waals surface area contributed by atoms with Gasteiger partial charge in [-0.05, 0) is 25.0 Å². The fourth-order valence-corrected chi connectivity index (χ4v) is 1.04. The van der Waals surface area contributed by atoms with Gasteiger partial charge in [0.2, 0.25) is 0 Å². The Hall–Kier alpha value is -1.28. The lowest BCUT2D eigenvalue weighted by atomic mass is 10.2. The average molecular weight is 192 g/mol. The lowest BCUT2D eigenvalue weighted by Gasteiger charge is -2.01. The molecule has 0 bridgehead atoms. The molecule has 0 spiro atoms. The van der Waals surface area contributed by atoms with Crippen LogP contribution in [0, 0.1) is 0 Å². The number of aliphatic hydroxyl groups is 1. The highest BCUT2D eigenvalue weighted by molar-refractivity contribution is 5.13. The SMILES string of the molecule is CC(O)CC=COCc1ccccc1. The standard InChI is InChI=1S/C12H16O2/c1-11(13)6-5-9-14-10-12-7-3-2-4-8-12/h2-5,7-9,11,13H,6,10H2,1H3. The summed E-state index contributed by atoms with van der Waals surface area (Å²) in [4.78, 5) is 0. The molecule has 0 aliphatic carbocycles. The first kappa shape index (κ1) is 10.8. The first-order valence-corrected chi connectivity index (χ1v) is 4.77. The number of hydrogen-bond acceptors (Lipinski definition) is 2. The van der Waals surface area contributed by atoms with Crippen LogP contribution < -0.4 is 0 Å². The lowest BCUT2D eigenvalue weighted by molar-refractivity contribution is 0.194. The Morgan fingerprint density at radius 3 is 2.71 bits per heavy atom. The van der Waals surface area contributed by atoms with Crippen molar-refractivity contribution in [2.24, 2.45) is 0 Å². The molecule has 1 aromatic carbocycles. The molecular weight excluding hydrogens is 176 g/mol. The van der Waals surface area contributed by atoms with Crippen molar-refractivity contribution in [3.8, 4) is 0 Å². The normalized spacial score (nSPS) is 13.0. The van der Waals surface area contributed by atoms with Crippen LogP contribution in [0.1, 0.15) is 18.9 Å². The smallest absolute Gasteiger partial charge is 0.112 e. The zero-order valence-corrected chi connectivity index (χ0v) is 8.39. The number of ether oxygens (including phenoxy) is 1. The maximum absolute atomic E-state index is 8.96. The molecule has 0 saturated heterocycles. The Bertz CT molecular complexity index is 265. The van der Waals surface area contributed by atoms with Crippen molar-refractivity contribution in [1.82, 2.24) is 0 Å². The molecule has 0 saturated carbocycles. The molecule has 14 heavy (non-hydrogen) atoms. The third-order valence-corrected chi connectivity index (χ3v) is 1.76. The van der Waals surface area contributed by atoms with E-state index < -0.39 is 0 Å². The molecule has 76 valence electrons. The Balaban J connectivity index is 2.19. The largest absolute Gasteiger partial charge is 0.497 e. The van der Waals surface area contributed by atoms with Gasteiger partial charge in [-0.2, -0.15) is 0 Å². The van der Waals surface area contributed by atoms with Gasteiger partial charge in [0.15, 0.2) is 0 Å². The van der Waals surface area contributed by atoms with Gasteiger partial charge < -0.3 is 9.84 Å². The zero-order valence-electron chi connectivity index (χ0n) is 8.39. The maximum atomic E-state index is 8.96. The van der Waals surface area contributed by atoms with E-state index in [1.165, 1.54) is 0 Å². The molecule has 0 aliphatic rings. The van der Waals surface area contributed by atoms with Gasteiger partial charge in [-0.15, -0.1) is 0 Å². The van der Waals surface area contributed by atoms with Crippen molar-refractivity contribution in [2.75, 3.05) is 0 Å². The summed E-state index contributed by atoms with van der Waals surface area (Å²) < 4.78 is 5.28. The summed E-state index contributed by atoms with van der Waals surface area (Å²) >= 11 is 0. The Labute approximate surface area is 84.8 Å². The maximum Gasteiger partial charge on any atom is 0.112 e. The first-order chi connectivity index (χ1) is 6.79. The van der Waals surface area contributed by atoms with Gasteiger partial charge in [-0.25, -0.2) is 0 Å². The minimum absolute atomic E-state index is 0.299. The van der Waals surface area contributed by atoms with E-state index in [1.807, 2.05) is 36.4 Å². The quantitative estimate of drug-likeness (QED) is 0.726. The van der Waals surface area contributed by atoms with E-state index >= 15 is 0 Å². The van der Waals surface area contributed by atoms with Gasteiger partial charge in [-0.3, -0.25) is 0 Å². The monoisotopic (exact) mass is 192 g/mol. The predicted octanol–water partition coefficient (Wildman–Crippen LogP) is 2.49. The van der Waals surface area contributed by atoms with Crippen LogP contribution in [0.15, 0.2) is 42.7 Å². The van der Waals surface area contributed by atoms with Crippen LogP contribution >= 0.6 is 0 Å². The fourth-order valence-electron chi connectivity index (χ4n) is 1.04. The Kier molecular flexibility index (Phi) is 4.79. The summed E-state index contributed by atoms with van der Waals surface area (Å²) in [7, 11) is 0. The second-order valence-corrected chi connectivity index (χ2v) is 3.25. The molecule has 1 rings (SSSR count). The van der Waals surface area contributed by atoms with Crippen molar-refractivity contribution in [3.05, 3.63) is 48.2 Å². The van der Waals surface area contributed by atoms with E-state index in [0.717, 1.165) is 5.56 Å². The number of hydrogen-bond donors (Lipinski definition) is 1. The van der Waals surface area contributed by atoms with Crippen LogP contribution in [0.25, 0.3) is 0 Å². The van der Waals surface area contributed by atoms with Crippen molar-refractivity contribution in [2.45, 2.75) is 26.1 Å². The van der Waals surface area contributed by atoms with Gasteiger partial charge in [0.1, 0.15) is 6.61 Å². The second-order valence-electron chi connectivity index (χ2n) is 3.25. The molecular formula is C12H16O2. The van der Waals surface area contributed by atoms with Gasteiger partial charge in [0.05, 0.1) is 12.4 Å². The molecule has 1 N–H and O–H groups in total. The molecule has 2 nitrogen and oxygen atoms in total. The van der Waals surface area contributed by atoms with Crippen LogP contribution in [-0.4, -0.2) is 11.2 Å². The van der Waals surface area contributed by atoms with Crippen molar-refractivity contribution >= 4 is 0 Å². The van der Waals surface area contributed by atoms with E-state index in [4.69, 9.17) is 9.84 Å². The zero-order chi connectivity index (χ0) is 10.2. The summed E-state index contributed by atoms with van der Waals surface area (Å²) in [6.45, 7) is 2.33. The summed E-state index contributed by atoms with van der Waals surface area (Å²) in [5.41, 5.74) is 1.15. The molecule has 0 fully saturated rings. The highest BCUT2D eigenvalue weighted by Crippen LogP contribution is 2.01. The lowest BCUT2D eigenvalue weighted by Crippen LogP contribution is -1.95. The Morgan fingerprint density at radius 1 is 1.36 bits per heavy atom. The molecule has 1 aromatic rings. The molecule has 2 heteroatoms. The van der Waals surface area contributed by atoms with E-state index in [0.29, 0.717) is 13.0 Å². The Morgan fingerprint density at radius 2 is 2.07 bits per heavy atom. The number of aliphatic hydroxyl groups excluding tert-OH is 1. The molecule has 1 atom stereocenters. The molecule has 0 aliphatic heterocycles. The third kappa shape index (κ3) is 4.67. The van der Waals surface area contributed by atoms with Crippen LogP contribution in [0.2, 0.25) is 0 Å². The number of rotatable bonds is 5. The summed E-state index contributed by atoms with van der Waals surface area (Å²) in [6, 6.07) is 9.98. The van der Waals surface area contributed by atoms with E-state index in [1.54, 1.807) is 13.2 Å². The topological polar surface area (TPSA) is 29.5 Å². The van der Waals surface area contributed by atoms with Crippen LogP contribution in [0.3, 0.4) is 0 Å². The predicted molar refractivity (Wildman–Crippen MR) is 56.7 cm³/mol. The fraction of sp³-hybridized carbons (Fsp3) is 0.333. The van der Waals surface area contributed by atoms with Crippen LogP contribution in [0.4, 0.5) is 0 Å². The molecule has 0 radical (unpaired) electrons. The third-order valence-electron chi connectivity index (χ3n) is 1.76. The minimum Gasteiger partial charge on any atom is -0.497 e. The van der Waals surface area contributed by atoms with E-state index in [2.05, 4.69) is 0 Å². The van der Waals surface area contributed by atoms with Gasteiger partial charge in [-0.1, -0.05) is 30.3 Å². The van der Waals surface area contributed by atoms with E-state index in [-0.39, 0.29) is 6.10 Å². The second kappa shape index (κ2) is 6.22. The first-order valence-electron chi connectivity index (χ1n) is 4.77. The minimum atomic E-state index is -0.299. The molecule has 0 heterocycles. The van der Waals surface area contributed by atoms with Crippen LogP contribution in [0.5, 0.6) is 0 Å². The molecule has 1 unspecified atom stereocenters. The van der Waals surface area contributed by atoms with E-state index in [9.17, 15) is 0 Å². The van der Waals surface area contributed by atoms with Crippen molar-refractivity contribution in [3.63, 3.8) is 0 Å². The van der Waals surface area contributed by atoms with Crippen LogP contribution in [-0.2, 0) is 11.3 Å². The molecule has 0 aromatic heterocycles. The van der Waals surface area contributed by atoms with Gasteiger partial charge in [0.25, 0.3) is 0 Å².